The SMILES string of the molecule is CC1(C)CC(=O)C2=C(C1)NC(c1ccccc1)=C(c1ccccc1)C2c1ccc(C#N)cc1. The lowest BCUT2D eigenvalue weighted by Crippen LogP contribution is -2.36. The molecule has 0 fully saturated rings. The smallest absolute Gasteiger partial charge is 0.162 e. The molecule has 3 aromatic rings. The summed E-state index contributed by atoms with van der Waals surface area (Å²) >= 11 is 0. The van der Waals surface area contributed by atoms with Crippen LogP contribution in [-0.2, 0) is 4.79 Å². The molecule has 1 atom stereocenters. The van der Waals surface area contributed by atoms with Gasteiger partial charge in [-0.05, 0) is 46.2 Å². The first-order chi connectivity index (χ1) is 16.0. The average molecular weight is 431 g/mol. The van der Waals surface area contributed by atoms with Gasteiger partial charge in [0.05, 0.1) is 17.3 Å². The van der Waals surface area contributed by atoms with E-state index in [-0.39, 0.29) is 17.1 Å². The quantitative estimate of drug-likeness (QED) is 0.519. The number of allylic oxidation sites excluding steroid dienone is 3. The van der Waals surface area contributed by atoms with Gasteiger partial charge in [-0.2, -0.15) is 5.26 Å². The highest BCUT2D eigenvalue weighted by molar-refractivity contribution is 6.07. The Morgan fingerprint density at radius 3 is 2.03 bits per heavy atom. The molecule has 1 aliphatic heterocycles. The molecule has 0 amide bonds. The summed E-state index contributed by atoms with van der Waals surface area (Å²) in [5, 5.41) is 13.0. The van der Waals surface area contributed by atoms with E-state index in [1.165, 1.54) is 0 Å². The summed E-state index contributed by atoms with van der Waals surface area (Å²) < 4.78 is 0. The fourth-order valence-corrected chi connectivity index (χ4v) is 5.13. The Hall–Kier alpha value is -3.90. The number of dihydropyridines is 1. The molecule has 1 unspecified atom stereocenters. The fourth-order valence-electron chi connectivity index (χ4n) is 5.13. The van der Waals surface area contributed by atoms with Crippen molar-refractivity contribution in [3.8, 4) is 6.07 Å². The molecule has 0 radical (unpaired) electrons. The monoisotopic (exact) mass is 430 g/mol. The van der Waals surface area contributed by atoms with Crippen molar-refractivity contribution in [1.29, 1.82) is 5.26 Å². The van der Waals surface area contributed by atoms with Crippen molar-refractivity contribution in [3.05, 3.63) is 118 Å². The van der Waals surface area contributed by atoms with Crippen LogP contribution in [0.3, 0.4) is 0 Å². The zero-order chi connectivity index (χ0) is 23.0. The Labute approximate surface area is 195 Å². The minimum atomic E-state index is -0.199. The van der Waals surface area contributed by atoms with Crippen LogP contribution in [-0.4, -0.2) is 5.78 Å². The summed E-state index contributed by atoms with van der Waals surface area (Å²) in [4.78, 5) is 13.6. The highest BCUT2D eigenvalue weighted by atomic mass is 16.1. The second-order valence-corrected chi connectivity index (χ2v) is 9.65. The minimum absolute atomic E-state index is 0.0931. The van der Waals surface area contributed by atoms with Crippen molar-refractivity contribution in [2.45, 2.75) is 32.6 Å². The third kappa shape index (κ3) is 3.90. The van der Waals surface area contributed by atoms with Crippen LogP contribution in [0.15, 0.2) is 96.2 Å². The normalized spacial score (nSPS) is 19.5. The molecule has 2 aliphatic rings. The molecule has 0 aromatic heterocycles. The number of nitrogens with zero attached hydrogens (tertiary/aromatic N) is 1. The molecule has 3 nitrogen and oxygen atoms in total. The Bertz CT molecular complexity index is 1310. The lowest BCUT2D eigenvalue weighted by Gasteiger charge is -2.41. The minimum Gasteiger partial charge on any atom is -0.358 e. The second kappa shape index (κ2) is 8.22. The summed E-state index contributed by atoms with van der Waals surface area (Å²) in [5.74, 6) is -0.00106. The van der Waals surface area contributed by atoms with Gasteiger partial charge in [0.25, 0.3) is 0 Å². The summed E-state index contributed by atoms with van der Waals surface area (Å²) in [6.45, 7) is 4.32. The van der Waals surface area contributed by atoms with Crippen molar-refractivity contribution in [3.63, 3.8) is 0 Å². The number of nitriles is 1. The van der Waals surface area contributed by atoms with Gasteiger partial charge < -0.3 is 5.32 Å². The standard InChI is InChI=1S/C30H26N2O/c1-30(2)17-24-28(25(33)18-30)26(22-15-13-20(19-31)14-16-22)27(21-9-5-3-6-10-21)29(32-24)23-11-7-4-8-12-23/h3-16,26,32H,17-18H2,1-2H3. The van der Waals surface area contributed by atoms with Gasteiger partial charge in [-0.1, -0.05) is 86.6 Å². The van der Waals surface area contributed by atoms with Crippen LogP contribution in [0.1, 0.15) is 54.9 Å². The first kappa shape index (κ1) is 21.0. The lowest BCUT2D eigenvalue weighted by molar-refractivity contribution is -0.118. The highest BCUT2D eigenvalue weighted by Crippen LogP contribution is 2.51. The van der Waals surface area contributed by atoms with Gasteiger partial charge >= 0.3 is 0 Å². The van der Waals surface area contributed by atoms with Crippen LogP contribution in [0.5, 0.6) is 0 Å². The Morgan fingerprint density at radius 2 is 1.42 bits per heavy atom. The third-order valence-corrected chi connectivity index (χ3v) is 6.56. The van der Waals surface area contributed by atoms with E-state index in [1.54, 1.807) is 0 Å². The molecule has 1 N–H and O–H groups in total. The number of carbonyl (C=O) groups excluding carboxylic acids is 1. The van der Waals surface area contributed by atoms with E-state index in [1.807, 2.05) is 60.7 Å². The van der Waals surface area contributed by atoms with Crippen LogP contribution in [0.2, 0.25) is 0 Å². The Kier molecular flexibility index (Phi) is 5.23. The molecular formula is C30H26N2O. The van der Waals surface area contributed by atoms with E-state index in [0.29, 0.717) is 12.0 Å². The molecule has 33 heavy (non-hydrogen) atoms. The van der Waals surface area contributed by atoms with Gasteiger partial charge in [-0.15, -0.1) is 0 Å². The number of Topliss-reactive ketones (excluding diaryl/α,β-unsaturated/α-hetero) is 1. The van der Waals surface area contributed by atoms with Crippen LogP contribution in [0.4, 0.5) is 0 Å². The zero-order valence-electron chi connectivity index (χ0n) is 18.9. The Balaban J connectivity index is 1.80. The third-order valence-electron chi connectivity index (χ3n) is 6.56. The summed E-state index contributed by atoms with van der Waals surface area (Å²) in [7, 11) is 0. The number of hydrogen-bond donors (Lipinski definition) is 1. The number of ketones is 1. The van der Waals surface area contributed by atoms with Gasteiger partial charge in [-0.25, -0.2) is 0 Å². The Morgan fingerprint density at radius 1 is 0.818 bits per heavy atom. The molecule has 162 valence electrons. The van der Waals surface area contributed by atoms with Gasteiger partial charge in [0.15, 0.2) is 5.78 Å². The molecule has 5 rings (SSSR count). The van der Waals surface area contributed by atoms with E-state index in [0.717, 1.165) is 45.7 Å². The van der Waals surface area contributed by atoms with E-state index in [9.17, 15) is 10.1 Å². The predicted molar refractivity (Wildman–Crippen MR) is 132 cm³/mol. The van der Waals surface area contributed by atoms with Crippen molar-refractivity contribution in [2.75, 3.05) is 0 Å². The van der Waals surface area contributed by atoms with Crippen LogP contribution in [0, 0.1) is 16.7 Å². The average Bonchev–Trinajstić information content (AvgIpc) is 2.83. The van der Waals surface area contributed by atoms with Crippen molar-refractivity contribution in [1.82, 2.24) is 5.32 Å². The van der Waals surface area contributed by atoms with Crippen LogP contribution < -0.4 is 5.32 Å². The second-order valence-electron chi connectivity index (χ2n) is 9.65. The molecule has 0 bridgehead atoms. The number of nitrogens with one attached hydrogen (secondary N) is 1. The van der Waals surface area contributed by atoms with E-state index in [4.69, 9.17) is 0 Å². The topological polar surface area (TPSA) is 52.9 Å². The van der Waals surface area contributed by atoms with Crippen molar-refractivity contribution < 1.29 is 4.79 Å². The van der Waals surface area contributed by atoms with Crippen molar-refractivity contribution >= 4 is 17.1 Å². The number of carbonyl (C=O) groups is 1. The fraction of sp³-hybridized carbons (Fsp3) is 0.200. The maximum Gasteiger partial charge on any atom is 0.162 e. The highest BCUT2D eigenvalue weighted by Gasteiger charge is 2.42. The van der Waals surface area contributed by atoms with Gasteiger partial charge in [0, 0.05) is 23.6 Å². The first-order valence-corrected chi connectivity index (χ1v) is 11.4. The first-order valence-electron chi connectivity index (χ1n) is 11.4. The molecule has 0 saturated carbocycles. The lowest BCUT2D eigenvalue weighted by atomic mass is 9.67. The molecule has 0 saturated heterocycles. The van der Waals surface area contributed by atoms with Crippen LogP contribution in [0.25, 0.3) is 11.3 Å². The molecule has 3 aromatic carbocycles. The van der Waals surface area contributed by atoms with Crippen LogP contribution >= 0.6 is 0 Å². The van der Waals surface area contributed by atoms with Gasteiger partial charge in [0.2, 0.25) is 0 Å². The maximum atomic E-state index is 13.6. The maximum absolute atomic E-state index is 13.6. The molecular weight excluding hydrogens is 404 g/mol. The van der Waals surface area contributed by atoms with E-state index in [2.05, 4.69) is 49.5 Å². The van der Waals surface area contributed by atoms with Crippen molar-refractivity contribution in [2.24, 2.45) is 5.41 Å². The summed E-state index contributed by atoms with van der Waals surface area (Å²) in [6, 6.07) is 30.5. The summed E-state index contributed by atoms with van der Waals surface area (Å²) in [5.41, 5.74) is 7.75. The number of rotatable bonds is 3. The predicted octanol–water partition coefficient (Wildman–Crippen LogP) is 6.46. The molecule has 3 heteroatoms. The van der Waals surface area contributed by atoms with E-state index < -0.39 is 0 Å². The van der Waals surface area contributed by atoms with E-state index >= 15 is 0 Å². The summed E-state index contributed by atoms with van der Waals surface area (Å²) in [6.07, 6.45) is 1.35. The van der Waals surface area contributed by atoms with Gasteiger partial charge in [-0.3, -0.25) is 4.79 Å². The van der Waals surface area contributed by atoms with Gasteiger partial charge in [0.1, 0.15) is 0 Å². The largest absolute Gasteiger partial charge is 0.358 e. The number of hydrogen-bond acceptors (Lipinski definition) is 3. The zero-order valence-corrected chi connectivity index (χ0v) is 18.9. The molecule has 0 spiro atoms. The molecule has 1 heterocycles. The molecule has 1 aliphatic carbocycles. The number of benzene rings is 3.